The minimum atomic E-state index is -0.904. The standard InChI is InChI=1S/C16H21NO4S/c1-11-14(21-13-7-5-4-6-12(13)20-11)15(18)17-8-9-22(19)16(2,3)10-17/h4-7,11,14H,8-10H2,1-3H3/t11-,14+,22+/m0/s1. The van der Waals surface area contributed by atoms with Crippen LogP contribution in [0, 0.1) is 0 Å². The van der Waals surface area contributed by atoms with E-state index >= 15 is 0 Å². The fraction of sp³-hybridized carbons (Fsp3) is 0.562. The zero-order valence-corrected chi connectivity index (χ0v) is 13.9. The molecular weight excluding hydrogens is 302 g/mol. The molecule has 22 heavy (non-hydrogen) atoms. The summed E-state index contributed by atoms with van der Waals surface area (Å²) in [5.41, 5.74) is 0. The van der Waals surface area contributed by atoms with Gasteiger partial charge >= 0.3 is 0 Å². The van der Waals surface area contributed by atoms with Gasteiger partial charge in [0.05, 0.1) is 4.75 Å². The Labute approximate surface area is 133 Å². The lowest BCUT2D eigenvalue weighted by atomic mass is 10.1. The molecule has 2 aliphatic heterocycles. The van der Waals surface area contributed by atoms with Gasteiger partial charge in [0.15, 0.2) is 11.5 Å². The zero-order valence-electron chi connectivity index (χ0n) is 13.1. The van der Waals surface area contributed by atoms with Gasteiger partial charge in [-0.05, 0) is 32.9 Å². The summed E-state index contributed by atoms with van der Waals surface area (Å²) in [6, 6.07) is 7.36. The molecule has 3 atom stereocenters. The van der Waals surface area contributed by atoms with Crippen molar-refractivity contribution in [2.45, 2.75) is 37.7 Å². The second-order valence-electron chi connectivity index (χ2n) is 6.38. The summed E-state index contributed by atoms with van der Waals surface area (Å²) in [7, 11) is -0.904. The highest BCUT2D eigenvalue weighted by atomic mass is 32.2. The normalized spacial score (nSPS) is 30.0. The van der Waals surface area contributed by atoms with Crippen molar-refractivity contribution in [2.75, 3.05) is 18.8 Å². The molecule has 5 nitrogen and oxygen atoms in total. The monoisotopic (exact) mass is 323 g/mol. The minimum absolute atomic E-state index is 0.0909. The molecule has 1 aromatic rings. The van der Waals surface area contributed by atoms with E-state index in [0.29, 0.717) is 30.3 Å². The number of amides is 1. The summed E-state index contributed by atoms with van der Waals surface area (Å²) in [5.74, 6) is 1.68. The van der Waals surface area contributed by atoms with Gasteiger partial charge in [0.25, 0.3) is 5.91 Å². The first kappa shape index (κ1) is 15.3. The number of benzene rings is 1. The van der Waals surface area contributed by atoms with E-state index < -0.39 is 16.9 Å². The van der Waals surface area contributed by atoms with Crippen LogP contribution in [-0.2, 0) is 15.6 Å². The van der Waals surface area contributed by atoms with Gasteiger partial charge < -0.3 is 14.4 Å². The average Bonchev–Trinajstić information content (AvgIpc) is 2.48. The highest BCUT2D eigenvalue weighted by Crippen LogP contribution is 2.34. The van der Waals surface area contributed by atoms with Crippen molar-refractivity contribution in [1.29, 1.82) is 0 Å². The molecule has 0 bridgehead atoms. The van der Waals surface area contributed by atoms with Crippen molar-refractivity contribution < 1.29 is 18.5 Å². The smallest absolute Gasteiger partial charge is 0.267 e. The third-order valence-corrected chi connectivity index (χ3v) is 6.05. The molecule has 0 unspecified atom stereocenters. The van der Waals surface area contributed by atoms with Crippen LogP contribution in [0.25, 0.3) is 0 Å². The van der Waals surface area contributed by atoms with Gasteiger partial charge in [0, 0.05) is 29.6 Å². The van der Waals surface area contributed by atoms with E-state index in [1.165, 1.54) is 0 Å². The van der Waals surface area contributed by atoms with Crippen LogP contribution in [0.15, 0.2) is 24.3 Å². The van der Waals surface area contributed by atoms with Gasteiger partial charge in [-0.15, -0.1) is 0 Å². The van der Waals surface area contributed by atoms with E-state index in [4.69, 9.17) is 9.47 Å². The van der Waals surface area contributed by atoms with Gasteiger partial charge in [-0.3, -0.25) is 9.00 Å². The average molecular weight is 323 g/mol. The summed E-state index contributed by atoms with van der Waals surface area (Å²) >= 11 is 0. The van der Waals surface area contributed by atoms with E-state index in [2.05, 4.69) is 0 Å². The third kappa shape index (κ3) is 2.72. The second-order valence-corrected chi connectivity index (χ2v) is 8.58. The Balaban J connectivity index is 1.77. The number of carbonyl (C=O) groups is 1. The molecule has 0 aromatic heterocycles. The fourth-order valence-electron chi connectivity index (χ4n) is 2.84. The van der Waals surface area contributed by atoms with Crippen molar-refractivity contribution in [1.82, 2.24) is 4.90 Å². The molecule has 1 amide bonds. The Morgan fingerprint density at radius 2 is 1.91 bits per heavy atom. The maximum absolute atomic E-state index is 12.8. The molecule has 0 spiro atoms. The Morgan fingerprint density at radius 1 is 1.27 bits per heavy atom. The molecule has 120 valence electrons. The highest BCUT2D eigenvalue weighted by Gasteiger charge is 2.41. The van der Waals surface area contributed by atoms with Gasteiger partial charge in [-0.1, -0.05) is 12.1 Å². The molecule has 0 aliphatic carbocycles. The summed E-state index contributed by atoms with van der Waals surface area (Å²) in [5, 5.41) is 0. The summed E-state index contributed by atoms with van der Waals surface area (Å²) in [4.78, 5) is 14.5. The maximum atomic E-state index is 12.8. The minimum Gasteiger partial charge on any atom is -0.482 e. The predicted octanol–water partition coefficient (Wildman–Crippen LogP) is 1.58. The van der Waals surface area contributed by atoms with Gasteiger partial charge in [-0.2, -0.15) is 0 Å². The van der Waals surface area contributed by atoms with Crippen LogP contribution in [-0.4, -0.2) is 50.8 Å². The van der Waals surface area contributed by atoms with E-state index in [1.54, 1.807) is 11.0 Å². The molecule has 1 saturated heterocycles. The first-order valence-electron chi connectivity index (χ1n) is 7.48. The molecule has 2 heterocycles. The first-order chi connectivity index (χ1) is 10.4. The van der Waals surface area contributed by atoms with Crippen LogP contribution < -0.4 is 9.47 Å². The van der Waals surface area contributed by atoms with Gasteiger partial charge in [-0.25, -0.2) is 0 Å². The van der Waals surface area contributed by atoms with Gasteiger partial charge in [0.1, 0.15) is 6.10 Å². The number of ether oxygens (including phenoxy) is 2. The molecule has 6 heteroatoms. The Morgan fingerprint density at radius 3 is 2.55 bits per heavy atom. The molecule has 2 aliphatic rings. The number of hydrogen-bond donors (Lipinski definition) is 0. The molecule has 0 N–H and O–H groups in total. The van der Waals surface area contributed by atoms with Crippen LogP contribution >= 0.6 is 0 Å². The Kier molecular flexibility index (Phi) is 3.89. The van der Waals surface area contributed by atoms with Crippen LogP contribution in [0.5, 0.6) is 11.5 Å². The lowest BCUT2D eigenvalue weighted by molar-refractivity contribution is -0.144. The molecule has 3 rings (SSSR count). The first-order valence-corrected chi connectivity index (χ1v) is 8.80. The molecular formula is C16H21NO4S. The number of para-hydroxylation sites is 2. The summed E-state index contributed by atoms with van der Waals surface area (Å²) in [6.45, 7) is 6.68. The van der Waals surface area contributed by atoms with E-state index in [9.17, 15) is 9.00 Å². The largest absolute Gasteiger partial charge is 0.482 e. The summed E-state index contributed by atoms with van der Waals surface area (Å²) in [6.07, 6.45) is -1.00. The van der Waals surface area contributed by atoms with Crippen molar-refractivity contribution in [2.24, 2.45) is 0 Å². The number of rotatable bonds is 1. The zero-order chi connectivity index (χ0) is 15.9. The third-order valence-electron chi connectivity index (χ3n) is 4.13. The van der Waals surface area contributed by atoms with Crippen LogP contribution in [0.3, 0.4) is 0 Å². The molecule has 0 saturated carbocycles. The van der Waals surface area contributed by atoms with Crippen LogP contribution in [0.1, 0.15) is 20.8 Å². The Bertz CT molecular complexity index is 616. The Hall–Kier alpha value is -1.56. The lowest BCUT2D eigenvalue weighted by Crippen LogP contribution is -2.58. The topological polar surface area (TPSA) is 55.8 Å². The SMILES string of the molecule is C[C@@H]1Oc2ccccc2O[C@H]1C(=O)N1CC[S@@](=O)C(C)(C)C1. The number of fused-ring (bicyclic) bond motifs is 1. The van der Waals surface area contributed by atoms with Crippen LogP contribution in [0.2, 0.25) is 0 Å². The number of hydrogen-bond acceptors (Lipinski definition) is 4. The van der Waals surface area contributed by atoms with Crippen molar-refractivity contribution in [3.05, 3.63) is 24.3 Å². The van der Waals surface area contributed by atoms with Gasteiger partial charge in [0.2, 0.25) is 6.10 Å². The van der Waals surface area contributed by atoms with Crippen molar-refractivity contribution in [3.8, 4) is 11.5 Å². The highest BCUT2D eigenvalue weighted by molar-refractivity contribution is 7.86. The predicted molar refractivity (Wildman–Crippen MR) is 84.6 cm³/mol. The fourth-order valence-corrected chi connectivity index (χ4v) is 4.08. The molecule has 0 radical (unpaired) electrons. The molecule has 1 fully saturated rings. The van der Waals surface area contributed by atoms with E-state index in [0.717, 1.165) is 0 Å². The number of carbonyl (C=O) groups excluding carboxylic acids is 1. The van der Waals surface area contributed by atoms with Crippen LogP contribution in [0.4, 0.5) is 0 Å². The quantitative estimate of drug-likeness (QED) is 0.787. The van der Waals surface area contributed by atoms with E-state index in [-0.39, 0.29) is 16.8 Å². The van der Waals surface area contributed by atoms with Crippen molar-refractivity contribution >= 4 is 16.7 Å². The number of nitrogens with zero attached hydrogens (tertiary/aromatic N) is 1. The second kappa shape index (κ2) is 5.57. The summed E-state index contributed by atoms with van der Waals surface area (Å²) < 4.78 is 23.3. The van der Waals surface area contributed by atoms with Crippen molar-refractivity contribution in [3.63, 3.8) is 0 Å². The van der Waals surface area contributed by atoms with E-state index in [1.807, 2.05) is 39.0 Å². The lowest BCUT2D eigenvalue weighted by Gasteiger charge is -2.40. The maximum Gasteiger partial charge on any atom is 0.267 e. The molecule has 1 aromatic carbocycles.